The Kier molecular flexibility index (Phi) is 3.79. The second-order valence-electron chi connectivity index (χ2n) is 6.13. The van der Waals surface area contributed by atoms with Crippen molar-refractivity contribution in [2.45, 2.75) is 39.0 Å². The van der Waals surface area contributed by atoms with Gasteiger partial charge in [0.05, 0.1) is 11.1 Å². The van der Waals surface area contributed by atoms with E-state index < -0.39 is 0 Å². The Morgan fingerprint density at radius 2 is 1.90 bits per heavy atom. The molecule has 3 heteroatoms. The van der Waals surface area contributed by atoms with Crippen LogP contribution in [0.15, 0.2) is 24.3 Å². The lowest BCUT2D eigenvalue weighted by Gasteiger charge is -2.28. The Balaban J connectivity index is 2.09. The van der Waals surface area contributed by atoms with E-state index in [2.05, 4.69) is 43.0 Å². The fraction of sp³-hybridized carbons (Fsp3) is 0.444. The van der Waals surface area contributed by atoms with Gasteiger partial charge in [-0.15, -0.1) is 0 Å². The van der Waals surface area contributed by atoms with Crippen molar-refractivity contribution < 1.29 is 0 Å². The lowest BCUT2D eigenvalue weighted by Crippen LogP contribution is -2.30. The lowest BCUT2D eigenvalue weighted by atomic mass is 10.0. The van der Waals surface area contributed by atoms with Gasteiger partial charge in [-0.25, -0.2) is 4.98 Å². The van der Waals surface area contributed by atoms with E-state index >= 15 is 0 Å². The van der Waals surface area contributed by atoms with Crippen LogP contribution in [0, 0.1) is 11.3 Å². The molecule has 1 aromatic heterocycles. The highest BCUT2D eigenvalue weighted by atomic mass is 15.2. The van der Waals surface area contributed by atoms with Crippen LogP contribution in [-0.2, 0) is 0 Å². The van der Waals surface area contributed by atoms with Crippen molar-refractivity contribution in [1.29, 1.82) is 5.26 Å². The number of piperidine rings is 1. The third kappa shape index (κ3) is 2.71. The highest BCUT2D eigenvalue weighted by Gasteiger charge is 2.17. The molecular formula is C18H21N3. The first kappa shape index (κ1) is 13.9. The van der Waals surface area contributed by atoms with Gasteiger partial charge < -0.3 is 4.90 Å². The number of hydrogen-bond donors (Lipinski definition) is 0. The van der Waals surface area contributed by atoms with Crippen molar-refractivity contribution >= 4 is 16.7 Å². The molecule has 2 aromatic rings. The van der Waals surface area contributed by atoms with Crippen molar-refractivity contribution in [3.05, 3.63) is 35.4 Å². The average Bonchev–Trinajstić information content (AvgIpc) is 2.53. The molecule has 21 heavy (non-hydrogen) atoms. The molecule has 1 aliphatic heterocycles. The molecule has 0 unspecified atom stereocenters. The second-order valence-corrected chi connectivity index (χ2v) is 6.13. The first-order valence-corrected chi connectivity index (χ1v) is 7.79. The Bertz CT molecular complexity index is 691. The summed E-state index contributed by atoms with van der Waals surface area (Å²) in [6.07, 6.45) is 3.66. The standard InChI is InChI=1S/C18H21N3/c1-13(2)14-6-7-17-15(10-14)11-16(12-19)18(20-17)21-8-4-3-5-9-21/h6-7,10-11,13H,3-5,8-9H2,1-2H3. The van der Waals surface area contributed by atoms with Gasteiger partial charge in [-0.3, -0.25) is 0 Å². The van der Waals surface area contributed by atoms with Crippen LogP contribution >= 0.6 is 0 Å². The minimum absolute atomic E-state index is 0.488. The van der Waals surface area contributed by atoms with E-state index in [0.29, 0.717) is 11.5 Å². The van der Waals surface area contributed by atoms with Crippen LogP contribution in [-0.4, -0.2) is 18.1 Å². The maximum absolute atomic E-state index is 9.47. The summed E-state index contributed by atoms with van der Waals surface area (Å²) in [5, 5.41) is 10.5. The predicted molar refractivity (Wildman–Crippen MR) is 86.6 cm³/mol. The highest BCUT2D eigenvalue weighted by Crippen LogP contribution is 2.27. The molecule has 108 valence electrons. The number of hydrogen-bond acceptors (Lipinski definition) is 3. The van der Waals surface area contributed by atoms with Gasteiger partial charge in [0.1, 0.15) is 11.9 Å². The molecule has 0 saturated carbocycles. The molecule has 0 radical (unpaired) electrons. The van der Waals surface area contributed by atoms with Crippen molar-refractivity contribution in [3.8, 4) is 6.07 Å². The minimum Gasteiger partial charge on any atom is -0.356 e. The normalized spacial score (nSPS) is 15.4. The third-order valence-corrected chi connectivity index (χ3v) is 4.26. The fourth-order valence-electron chi connectivity index (χ4n) is 2.97. The zero-order valence-corrected chi connectivity index (χ0v) is 12.8. The molecule has 1 aliphatic rings. The second kappa shape index (κ2) is 5.73. The van der Waals surface area contributed by atoms with Gasteiger partial charge in [-0.1, -0.05) is 19.9 Å². The van der Waals surface area contributed by atoms with E-state index in [1.807, 2.05) is 6.07 Å². The first-order chi connectivity index (χ1) is 10.2. The van der Waals surface area contributed by atoms with Gasteiger partial charge in [0.2, 0.25) is 0 Å². The van der Waals surface area contributed by atoms with Gasteiger partial charge in [-0.2, -0.15) is 5.26 Å². The first-order valence-electron chi connectivity index (χ1n) is 7.79. The van der Waals surface area contributed by atoms with Crippen molar-refractivity contribution in [2.75, 3.05) is 18.0 Å². The van der Waals surface area contributed by atoms with Gasteiger partial charge in [0.15, 0.2) is 0 Å². The predicted octanol–water partition coefficient (Wildman–Crippen LogP) is 4.22. The van der Waals surface area contributed by atoms with Crippen LogP contribution in [0.3, 0.4) is 0 Å². The molecule has 1 fully saturated rings. The van der Waals surface area contributed by atoms with Gasteiger partial charge in [-0.05, 0) is 48.9 Å². The summed E-state index contributed by atoms with van der Waals surface area (Å²) in [5.41, 5.74) is 2.98. The van der Waals surface area contributed by atoms with E-state index in [0.717, 1.165) is 29.8 Å². The molecule has 0 amide bonds. The van der Waals surface area contributed by atoms with Crippen molar-refractivity contribution in [2.24, 2.45) is 0 Å². The Labute approximate surface area is 126 Å². The smallest absolute Gasteiger partial charge is 0.147 e. The summed E-state index contributed by atoms with van der Waals surface area (Å²) in [6.45, 7) is 6.39. The third-order valence-electron chi connectivity index (χ3n) is 4.26. The molecule has 1 aromatic carbocycles. The molecule has 0 N–H and O–H groups in total. The van der Waals surface area contributed by atoms with Crippen LogP contribution in [0.1, 0.15) is 50.2 Å². The summed E-state index contributed by atoms with van der Waals surface area (Å²) in [4.78, 5) is 7.04. The molecule has 0 aliphatic carbocycles. The molecule has 0 atom stereocenters. The van der Waals surface area contributed by atoms with Crippen molar-refractivity contribution in [1.82, 2.24) is 4.98 Å². The zero-order valence-electron chi connectivity index (χ0n) is 12.8. The number of benzene rings is 1. The molecular weight excluding hydrogens is 258 g/mol. The summed E-state index contributed by atoms with van der Waals surface area (Å²) >= 11 is 0. The van der Waals surface area contributed by atoms with E-state index in [9.17, 15) is 5.26 Å². The Morgan fingerprint density at radius 3 is 2.57 bits per heavy atom. The molecule has 1 saturated heterocycles. The number of anilines is 1. The Morgan fingerprint density at radius 1 is 1.14 bits per heavy atom. The largest absolute Gasteiger partial charge is 0.356 e. The van der Waals surface area contributed by atoms with Crippen LogP contribution < -0.4 is 4.90 Å². The summed E-state index contributed by atoms with van der Waals surface area (Å²) < 4.78 is 0. The monoisotopic (exact) mass is 279 g/mol. The number of fused-ring (bicyclic) bond motifs is 1. The summed E-state index contributed by atoms with van der Waals surface area (Å²) in [5.74, 6) is 1.35. The SMILES string of the molecule is CC(C)c1ccc2nc(N3CCCCC3)c(C#N)cc2c1. The zero-order chi connectivity index (χ0) is 14.8. The van der Waals surface area contributed by atoms with Crippen molar-refractivity contribution in [3.63, 3.8) is 0 Å². The summed E-state index contributed by atoms with van der Waals surface area (Å²) in [6, 6.07) is 10.7. The number of pyridine rings is 1. The maximum atomic E-state index is 9.47. The molecule has 0 spiro atoms. The number of rotatable bonds is 2. The molecule has 3 rings (SSSR count). The minimum atomic E-state index is 0.488. The van der Waals surface area contributed by atoms with Gasteiger partial charge in [0, 0.05) is 18.5 Å². The lowest BCUT2D eigenvalue weighted by molar-refractivity contribution is 0.573. The van der Waals surface area contributed by atoms with E-state index in [1.54, 1.807) is 0 Å². The average molecular weight is 279 g/mol. The number of nitriles is 1. The van der Waals surface area contributed by atoms with Crippen LogP contribution in [0.2, 0.25) is 0 Å². The van der Waals surface area contributed by atoms with E-state index in [-0.39, 0.29) is 0 Å². The topological polar surface area (TPSA) is 39.9 Å². The molecule has 2 heterocycles. The van der Waals surface area contributed by atoms with Gasteiger partial charge in [0.25, 0.3) is 0 Å². The quantitative estimate of drug-likeness (QED) is 0.826. The van der Waals surface area contributed by atoms with E-state index in [4.69, 9.17) is 4.98 Å². The molecule has 0 bridgehead atoms. The van der Waals surface area contributed by atoms with Gasteiger partial charge >= 0.3 is 0 Å². The van der Waals surface area contributed by atoms with Crippen LogP contribution in [0.4, 0.5) is 5.82 Å². The number of nitrogens with zero attached hydrogens (tertiary/aromatic N) is 3. The van der Waals surface area contributed by atoms with E-state index in [1.165, 1.54) is 24.8 Å². The number of aromatic nitrogens is 1. The van der Waals surface area contributed by atoms with Crippen LogP contribution in [0.5, 0.6) is 0 Å². The highest BCUT2D eigenvalue weighted by molar-refractivity contribution is 5.84. The molecule has 3 nitrogen and oxygen atoms in total. The summed E-state index contributed by atoms with van der Waals surface area (Å²) in [7, 11) is 0. The Hall–Kier alpha value is -2.08. The van der Waals surface area contributed by atoms with Crippen LogP contribution in [0.25, 0.3) is 10.9 Å². The fourth-order valence-corrected chi connectivity index (χ4v) is 2.97. The maximum Gasteiger partial charge on any atom is 0.147 e.